The topological polar surface area (TPSA) is 96.1 Å². The number of anilines is 1. The van der Waals surface area contributed by atoms with Crippen LogP contribution in [-0.2, 0) is 16.0 Å². The minimum atomic E-state index is -0.690. The Bertz CT molecular complexity index is 1020. The van der Waals surface area contributed by atoms with E-state index in [2.05, 4.69) is 20.6 Å². The highest BCUT2D eigenvalue weighted by atomic mass is 35.5. The summed E-state index contributed by atoms with van der Waals surface area (Å²) in [4.78, 5) is 32.9. The van der Waals surface area contributed by atoms with Crippen molar-refractivity contribution in [1.29, 1.82) is 0 Å². The minimum Gasteiger partial charge on any atom is -0.495 e. The molecule has 2 amide bonds. The molecule has 3 aromatic rings. The fraction of sp³-hybridized carbons (Fsp3) is 0.318. The van der Waals surface area contributed by atoms with Gasteiger partial charge in [-0.25, -0.2) is 4.98 Å². The summed E-state index contributed by atoms with van der Waals surface area (Å²) in [7, 11) is 1.53. The lowest BCUT2D eigenvalue weighted by Gasteiger charge is -2.23. The van der Waals surface area contributed by atoms with E-state index in [1.54, 1.807) is 18.2 Å². The minimum absolute atomic E-state index is 0.0576. The van der Waals surface area contributed by atoms with Crippen LogP contribution in [0.4, 0.5) is 5.95 Å². The Morgan fingerprint density at radius 2 is 2.00 bits per heavy atom. The van der Waals surface area contributed by atoms with Gasteiger partial charge in [0.25, 0.3) is 0 Å². The number of methoxy groups -OCH3 is 1. The normalized spacial score (nSPS) is 12.9. The largest absolute Gasteiger partial charge is 0.495 e. The summed E-state index contributed by atoms with van der Waals surface area (Å²) in [5.41, 5.74) is 2.32. The van der Waals surface area contributed by atoms with Gasteiger partial charge in [0, 0.05) is 0 Å². The number of carbonyl (C=O) groups excluding carboxylic acids is 2. The predicted molar refractivity (Wildman–Crippen MR) is 118 cm³/mol. The van der Waals surface area contributed by atoms with Crippen LogP contribution >= 0.6 is 11.6 Å². The van der Waals surface area contributed by atoms with E-state index in [0.29, 0.717) is 16.7 Å². The summed E-state index contributed by atoms with van der Waals surface area (Å²) < 4.78 is 5.13. The van der Waals surface area contributed by atoms with Gasteiger partial charge in [-0.1, -0.05) is 50.1 Å². The van der Waals surface area contributed by atoms with E-state index < -0.39 is 6.04 Å². The quantitative estimate of drug-likeness (QED) is 0.506. The second-order valence-electron chi connectivity index (χ2n) is 7.17. The maximum absolute atomic E-state index is 12.9. The van der Waals surface area contributed by atoms with E-state index in [1.807, 2.05) is 38.1 Å². The number of imidazole rings is 1. The van der Waals surface area contributed by atoms with Crippen LogP contribution in [0.3, 0.4) is 0 Å². The van der Waals surface area contributed by atoms with Gasteiger partial charge in [-0.05, 0) is 35.7 Å². The van der Waals surface area contributed by atoms with Gasteiger partial charge in [0.15, 0.2) is 0 Å². The smallest absolute Gasteiger partial charge is 0.249 e. The fourth-order valence-electron chi connectivity index (χ4n) is 3.14. The van der Waals surface area contributed by atoms with Gasteiger partial charge in [-0.15, -0.1) is 0 Å². The van der Waals surface area contributed by atoms with Gasteiger partial charge >= 0.3 is 0 Å². The molecule has 0 aliphatic heterocycles. The van der Waals surface area contributed by atoms with Crippen LogP contribution in [0.15, 0.2) is 42.5 Å². The lowest BCUT2D eigenvalue weighted by atomic mass is 9.98. The van der Waals surface area contributed by atoms with Crippen molar-refractivity contribution in [1.82, 2.24) is 15.3 Å². The number of nitrogens with zero attached hydrogens (tertiary/aromatic N) is 1. The SMILES string of the molecule is CC[C@@H](C)[C@H](NC(=O)Cc1ccc(OC)c(Cl)c1)C(=O)Nc1nc2ccccc2[nH]1. The zero-order chi connectivity index (χ0) is 21.7. The van der Waals surface area contributed by atoms with Crippen LogP contribution in [0.1, 0.15) is 25.8 Å². The Balaban J connectivity index is 1.69. The molecule has 3 N–H and O–H groups in total. The molecule has 158 valence electrons. The molecule has 1 heterocycles. The zero-order valence-electron chi connectivity index (χ0n) is 17.2. The summed E-state index contributed by atoms with van der Waals surface area (Å²) in [6.07, 6.45) is 0.835. The molecule has 0 radical (unpaired) electrons. The van der Waals surface area contributed by atoms with Crippen LogP contribution in [0.25, 0.3) is 11.0 Å². The summed E-state index contributed by atoms with van der Waals surface area (Å²) in [5, 5.41) is 6.07. The first kappa shape index (κ1) is 21.6. The standard InChI is InChI=1S/C22H25ClN4O3/c1-4-13(2)20(21(29)27-22-24-16-7-5-6-8-17(16)25-22)26-19(28)12-14-9-10-18(30-3)15(23)11-14/h5-11,13,20H,4,12H2,1-3H3,(H,26,28)(H2,24,25,27,29)/t13-,20+/m1/s1. The van der Waals surface area contributed by atoms with Crippen molar-refractivity contribution in [3.63, 3.8) is 0 Å². The first-order valence-electron chi connectivity index (χ1n) is 9.78. The summed E-state index contributed by atoms with van der Waals surface area (Å²) in [6, 6.07) is 12.0. The van der Waals surface area contributed by atoms with Gasteiger partial charge in [-0.2, -0.15) is 0 Å². The number of halogens is 1. The second kappa shape index (κ2) is 9.63. The molecule has 0 saturated carbocycles. The molecule has 0 bridgehead atoms. The molecule has 1 aromatic heterocycles. The lowest BCUT2D eigenvalue weighted by molar-refractivity contribution is -0.127. The zero-order valence-corrected chi connectivity index (χ0v) is 17.9. The third kappa shape index (κ3) is 5.10. The molecule has 0 fully saturated rings. The predicted octanol–water partition coefficient (Wildman–Crippen LogP) is 3.94. The molecule has 7 nitrogen and oxygen atoms in total. The van der Waals surface area contributed by atoms with E-state index in [9.17, 15) is 9.59 Å². The fourth-order valence-corrected chi connectivity index (χ4v) is 3.42. The van der Waals surface area contributed by atoms with Crippen molar-refractivity contribution < 1.29 is 14.3 Å². The molecule has 0 unspecified atom stereocenters. The third-order valence-electron chi connectivity index (χ3n) is 5.02. The highest BCUT2D eigenvalue weighted by molar-refractivity contribution is 6.32. The molecule has 0 saturated heterocycles. The van der Waals surface area contributed by atoms with Gasteiger partial charge in [0.1, 0.15) is 11.8 Å². The van der Waals surface area contributed by atoms with Crippen LogP contribution < -0.4 is 15.4 Å². The van der Waals surface area contributed by atoms with Gasteiger partial charge in [-0.3, -0.25) is 14.9 Å². The van der Waals surface area contributed by atoms with Crippen molar-refractivity contribution in [3.8, 4) is 5.75 Å². The van der Waals surface area contributed by atoms with Crippen molar-refractivity contribution >= 4 is 40.4 Å². The Morgan fingerprint density at radius 3 is 2.67 bits per heavy atom. The number of aromatic amines is 1. The number of hydrogen-bond donors (Lipinski definition) is 3. The van der Waals surface area contributed by atoms with E-state index >= 15 is 0 Å². The van der Waals surface area contributed by atoms with Crippen LogP contribution in [-0.4, -0.2) is 34.9 Å². The van der Waals surface area contributed by atoms with Crippen molar-refractivity contribution in [2.45, 2.75) is 32.7 Å². The van der Waals surface area contributed by atoms with Gasteiger partial charge in [0.2, 0.25) is 17.8 Å². The highest BCUT2D eigenvalue weighted by Crippen LogP contribution is 2.25. The Labute approximate surface area is 180 Å². The number of fused-ring (bicyclic) bond motifs is 1. The average molecular weight is 429 g/mol. The molecular weight excluding hydrogens is 404 g/mol. The first-order valence-corrected chi connectivity index (χ1v) is 10.2. The second-order valence-corrected chi connectivity index (χ2v) is 7.58. The van der Waals surface area contributed by atoms with Crippen LogP contribution in [0, 0.1) is 5.92 Å². The monoisotopic (exact) mass is 428 g/mol. The number of nitrogens with one attached hydrogen (secondary N) is 3. The van der Waals surface area contributed by atoms with E-state index in [1.165, 1.54) is 7.11 Å². The van der Waals surface area contributed by atoms with Gasteiger partial charge < -0.3 is 15.0 Å². The molecule has 0 aliphatic rings. The number of ether oxygens (including phenoxy) is 1. The Kier molecular flexibility index (Phi) is 6.95. The summed E-state index contributed by atoms with van der Waals surface area (Å²) >= 11 is 6.13. The molecule has 3 rings (SSSR count). The van der Waals surface area contributed by atoms with Crippen molar-refractivity contribution in [2.24, 2.45) is 5.92 Å². The average Bonchev–Trinajstić information content (AvgIpc) is 3.13. The summed E-state index contributed by atoms with van der Waals surface area (Å²) in [5.74, 6) is 0.262. The number of hydrogen-bond acceptors (Lipinski definition) is 4. The third-order valence-corrected chi connectivity index (χ3v) is 5.32. The van der Waals surface area contributed by atoms with Crippen molar-refractivity contribution in [2.75, 3.05) is 12.4 Å². The molecule has 8 heteroatoms. The van der Waals surface area contributed by atoms with E-state index in [-0.39, 0.29) is 24.2 Å². The molecule has 2 atom stereocenters. The number of benzene rings is 2. The first-order chi connectivity index (χ1) is 14.4. The summed E-state index contributed by atoms with van der Waals surface area (Å²) in [6.45, 7) is 3.90. The van der Waals surface area contributed by atoms with Crippen LogP contribution in [0.5, 0.6) is 5.75 Å². The number of rotatable bonds is 8. The Morgan fingerprint density at radius 1 is 1.23 bits per heavy atom. The highest BCUT2D eigenvalue weighted by Gasteiger charge is 2.26. The Hall–Kier alpha value is -3.06. The van der Waals surface area contributed by atoms with E-state index in [4.69, 9.17) is 16.3 Å². The number of para-hydroxylation sites is 2. The number of carbonyl (C=O) groups is 2. The van der Waals surface area contributed by atoms with Crippen molar-refractivity contribution in [3.05, 3.63) is 53.1 Å². The van der Waals surface area contributed by atoms with Crippen LogP contribution in [0.2, 0.25) is 5.02 Å². The molecule has 0 spiro atoms. The maximum Gasteiger partial charge on any atom is 0.249 e. The molecular formula is C22H25ClN4O3. The van der Waals surface area contributed by atoms with Gasteiger partial charge in [0.05, 0.1) is 29.6 Å². The number of aromatic nitrogens is 2. The van der Waals surface area contributed by atoms with E-state index in [0.717, 1.165) is 23.0 Å². The molecule has 30 heavy (non-hydrogen) atoms. The maximum atomic E-state index is 12.9. The number of H-pyrrole nitrogens is 1. The lowest BCUT2D eigenvalue weighted by Crippen LogP contribution is -2.48. The molecule has 2 aromatic carbocycles. The molecule has 0 aliphatic carbocycles. The number of amides is 2.